The molecule has 0 aromatic heterocycles. The molecule has 98 valence electrons. The van der Waals surface area contributed by atoms with E-state index in [1.54, 1.807) is 6.07 Å². The molecule has 6 heteroatoms. The van der Waals surface area contributed by atoms with E-state index in [1.165, 1.54) is 30.3 Å². The second-order valence-corrected chi connectivity index (χ2v) is 4.98. The summed E-state index contributed by atoms with van der Waals surface area (Å²) in [5.74, 6) is -1.28. The zero-order valence-electron chi connectivity index (χ0n) is 9.45. The number of carbonyl (C=O) groups is 1. The SMILES string of the molecule is O=C(Nc1ccc(O)cc1Cl)c1c(F)cccc1Br. The van der Waals surface area contributed by atoms with Crippen molar-refractivity contribution in [1.82, 2.24) is 0 Å². The zero-order valence-corrected chi connectivity index (χ0v) is 11.8. The molecule has 0 aliphatic carbocycles. The minimum absolute atomic E-state index is 0.0185. The molecular formula is C13H8BrClFNO2. The van der Waals surface area contributed by atoms with E-state index in [0.29, 0.717) is 10.2 Å². The fourth-order valence-corrected chi connectivity index (χ4v) is 2.25. The summed E-state index contributed by atoms with van der Waals surface area (Å²) < 4.78 is 14.0. The van der Waals surface area contributed by atoms with Crippen LogP contribution in [0.15, 0.2) is 40.9 Å². The molecule has 2 N–H and O–H groups in total. The predicted octanol–water partition coefficient (Wildman–Crippen LogP) is 4.20. The predicted molar refractivity (Wildman–Crippen MR) is 75.2 cm³/mol. The summed E-state index contributed by atoms with van der Waals surface area (Å²) in [6, 6.07) is 8.34. The molecule has 0 saturated heterocycles. The molecule has 2 aromatic rings. The average molecular weight is 345 g/mol. The highest BCUT2D eigenvalue weighted by molar-refractivity contribution is 9.10. The quantitative estimate of drug-likeness (QED) is 0.802. The number of rotatable bonds is 2. The largest absolute Gasteiger partial charge is 0.508 e. The fourth-order valence-electron chi connectivity index (χ4n) is 1.50. The van der Waals surface area contributed by atoms with Crippen molar-refractivity contribution in [2.45, 2.75) is 0 Å². The number of hydrogen-bond acceptors (Lipinski definition) is 2. The maximum absolute atomic E-state index is 13.6. The first kappa shape index (κ1) is 13.8. The Morgan fingerprint density at radius 1 is 1.32 bits per heavy atom. The number of nitrogens with one attached hydrogen (secondary N) is 1. The van der Waals surface area contributed by atoms with Gasteiger partial charge in [-0.1, -0.05) is 17.7 Å². The van der Waals surface area contributed by atoms with Crippen LogP contribution >= 0.6 is 27.5 Å². The third kappa shape index (κ3) is 3.05. The summed E-state index contributed by atoms with van der Waals surface area (Å²) >= 11 is 8.98. The molecule has 2 aromatic carbocycles. The molecular weight excluding hydrogens is 337 g/mol. The van der Waals surface area contributed by atoms with Crippen molar-refractivity contribution in [2.24, 2.45) is 0 Å². The molecule has 0 atom stereocenters. The number of anilines is 1. The van der Waals surface area contributed by atoms with E-state index in [-0.39, 0.29) is 16.3 Å². The Morgan fingerprint density at radius 3 is 2.68 bits per heavy atom. The third-order valence-corrected chi connectivity index (χ3v) is 3.36. The Morgan fingerprint density at radius 2 is 2.05 bits per heavy atom. The first-order chi connectivity index (χ1) is 8.99. The number of halogens is 3. The number of aromatic hydroxyl groups is 1. The van der Waals surface area contributed by atoms with Crippen molar-refractivity contribution in [3.63, 3.8) is 0 Å². The van der Waals surface area contributed by atoms with Gasteiger partial charge >= 0.3 is 0 Å². The van der Waals surface area contributed by atoms with Gasteiger partial charge in [-0.15, -0.1) is 0 Å². The van der Waals surface area contributed by atoms with Crippen LogP contribution in [0.1, 0.15) is 10.4 Å². The topological polar surface area (TPSA) is 49.3 Å². The number of benzene rings is 2. The van der Waals surface area contributed by atoms with Gasteiger partial charge in [0, 0.05) is 10.5 Å². The zero-order chi connectivity index (χ0) is 14.0. The van der Waals surface area contributed by atoms with Crippen LogP contribution in [-0.4, -0.2) is 11.0 Å². The van der Waals surface area contributed by atoms with E-state index in [9.17, 15) is 14.3 Å². The number of amides is 1. The minimum Gasteiger partial charge on any atom is -0.508 e. The molecule has 0 aliphatic rings. The van der Waals surface area contributed by atoms with Crippen LogP contribution in [0.25, 0.3) is 0 Å². The molecule has 0 aliphatic heterocycles. The standard InChI is InChI=1S/C13H8BrClFNO2/c14-8-2-1-3-10(16)12(8)13(19)17-11-5-4-7(18)6-9(11)15/h1-6,18H,(H,17,19). The number of carbonyl (C=O) groups excluding carboxylic acids is 1. The number of phenolic OH excluding ortho intramolecular Hbond substituents is 1. The number of hydrogen-bond donors (Lipinski definition) is 2. The summed E-state index contributed by atoms with van der Waals surface area (Å²) in [7, 11) is 0. The normalized spacial score (nSPS) is 10.3. The van der Waals surface area contributed by atoms with Gasteiger partial charge in [-0.05, 0) is 40.2 Å². The van der Waals surface area contributed by atoms with Gasteiger partial charge in [0.25, 0.3) is 5.91 Å². The lowest BCUT2D eigenvalue weighted by atomic mass is 10.2. The Balaban J connectivity index is 2.31. The van der Waals surface area contributed by atoms with Crippen molar-refractivity contribution >= 4 is 39.1 Å². The number of phenols is 1. The molecule has 0 radical (unpaired) electrons. The van der Waals surface area contributed by atoms with E-state index in [4.69, 9.17) is 11.6 Å². The molecule has 0 saturated carbocycles. The monoisotopic (exact) mass is 343 g/mol. The molecule has 3 nitrogen and oxygen atoms in total. The third-order valence-electron chi connectivity index (χ3n) is 2.39. The second-order valence-electron chi connectivity index (χ2n) is 3.71. The van der Waals surface area contributed by atoms with Crippen LogP contribution in [0.5, 0.6) is 5.75 Å². The average Bonchev–Trinajstić information content (AvgIpc) is 2.32. The Kier molecular flexibility index (Phi) is 4.07. The van der Waals surface area contributed by atoms with Crippen LogP contribution < -0.4 is 5.32 Å². The first-order valence-corrected chi connectivity index (χ1v) is 6.40. The van der Waals surface area contributed by atoms with Crippen molar-refractivity contribution in [2.75, 3.05) is 5.32 Å². The molecule has 0 unspecified atom stereocenters. The van der Waals surface area contributed by atoms with Crippen molar-refractivity contribution in [3.05, 3.63) is 57.3 Å². The van der Waals surface area contributed by atoms with E-state index >= 15 is 0 Å². The molecule has 0 bridgehead atoms. The van der Waals surface area contributed by atoms with Crippen LogP contribution in [0, 0.1) is 5.82 Å². The van der Waals surface area contributed by atoms with Gasteiger partial charge in [0.1, 0.15) is 11.6 Å². The van der Waals surface area contributed by atoms with Crippen molar-refractivity contribution < 1.29 is 14.3 Å². The van der Waals surface area contributed by atoms with Gasteiger partial charge in [0.15, 0.2) is 0 Å². The van der Waals surface area contributed by atoms with Gasteiger partial charge in [0.05, 0.1) is 16.3 Å². The summed E-state index contributed by atoms with van der Waals surface area (Å²) in [5, 5.41) is 11.9. The van der Waals surface area contributed by atoms with Crippen LogP contribution in [0.2, 0.25) is 5.02 Å². The van der Waals surface area contributed by atoms with Gasteiger partial charge in [0.2, 0.25) is 0 Å². The fraction of sp³-hybridized carbons (Fsp3) is 0. The highest BCUT2D eigenvalue weighted by Crippen LogP contribution is 2.27. The molecule has 0 spiro atoms. The van der Waals surface area contributed by atoms with Crippen LogP contribution in [0.4, 0.5) is 10.1 Å². The van der Waals surface area contributed by atoms with E-state index in [1.807, 2.05) is 0 Å². The first-order valence-electron chi connectivity index (χ1n) is 5.23. The summed E-state index contributed by atoms with van der Waals surface area (Å²) in [5.41, 5.74) is 0.186. The molecule has 2 rings (SSSR count). The van der Waals surface area contributed by atoms with Gasteiger partial charge in [-0.3, -0.25) is 4.79 Å². The van der Waals surface area contributed by atoms with Crippen LogP contribution in [0.3, 0.4) is 0 Å². The highest BCUT2D eigenvalue weighted by Gasteiger charge is 2.16. The van der Waals surface area contributed by atoms with E-state index < -0.39 is 11.7 Å². The van der Waals surface area contributed by atoms with Gasteiger partial charge in [-0.25, -0.2) is 4.39 Å². The Labute approximate surface area is 122 Å². The van der Waals surface area contributed by atoms with Crippen molar-refractivity contribution in [3.8, 4) is 5.75 Å². The van der Waals surface area contributed by atoms with E-state index in [0.717, 1.165) is 0 Å². The Bertz CT molecular complexity index is 628. The molecule has 19 heavy (non-hydrogen) atoms. The van der Waals surface area contributed by atoms with Gasteiger partial charge < -0.3 is 10.4 Å². The molecule has 0 fully saturated rings. The maximum Gasteiger partial charge on any atom is 0.259 e. The highest BCUT2D eigenvalue weighted by atomic mass is 79.9. The summed E-state index contributed by atoms with van der Waals surface area (Å²) in [6.07, 6.45) is 0. The lowest BCUT2D eigenvalue weighted by Crippen LogP contribution is -2.14. The lowest BCUT2D eigenvalue weighted by molar-refractivity contribution is 0.102. The van der Waals surface area contributed by atoms with Crippen molar-refractivity contribution in [1.29, 1.82) is 0 Å². The Hall–Kier alpha value is -1.59. The van der Waals surface area contributed by atoms with Crippen LogP contribution in [-0.2, 0) is 0 Å². The molecule has 0 heterocycles. The maximum atomic E-state index is 13.6. The molecule has 1 amide bonds. The minimum atomic E-state index is -0.637. The smallest absolute Gasteiger partial charge is 0.259 e. The summed E-state index contributed by atoms with van der Waals surface area (Å²) in [4.78, 5) is 12.0. The van der Waals surface area contributed by atoms with Gasteiger partial charge in [-0.2, -0.15) is 0 Å². The lowest BCUT2D eigenvalue weighted by Gasteiger charge is -2.09. The second kappa shape index (κ2) is 5.59. The summed E-state index contributed by atoms with van der Waals surface area (Å²) in [6.45, 7) is 0. The van der Waals surface area contributed by atoms with E-state index in [2.05, 4.69) is 21.2 Å².